The highest BCUT2D eigenvalue weighted by atomic mass is 32.2. The topological polar surface area (TPSA) is 146 Å². The molecule has 4 rings (SSSR count). The first-order chi connectivity index (χ1) is 23.4. The van der Waals surface area contributed by atoms with E-state index in [2.05, 4.69) is 5.32 Å². The third kappa shape index (κ3) is 10.2. The molecule has 7 atom stereocenters. The molecule has 0 aliphatic carbocycles. The Bertz CT molecular complexity index is 1370. The molecule has 0 bridgehead atoms. The van der Waals surface area contributed by atoms with E-state index in [1.807, 2.05) is 60.7 Å². The summed E-state index contributed by atoms with van der Waals surface area (Å²) in [4.78, 5) is 40.7. The summed E-state index contributed by atoms with van der Waals surface area (Å²) < 4.78 is 55.0. The van der Waals surface area contributed by atoms with Crippen LogP contribution in [0.15, 0.2) is 65.6 Å². The van der Waals surface area contributed by atoms with Gasteiger partial charge in [0.2, 0.25) is 5.91 Å². The predicted molar refractivity (Wildman–Crippen MR) is 180 cm³/mol. The van der Waals surface area contributed by atoms with Crippen LogP contribution in [0.5, 0.6) is 0 Å². The third-order valence-corrected chi connectivity index (χ3v) is 10.3. The number of nitrogens with one attached hydrogen (secondary N) is 1. The third-order valence-electron chi connectivity index (χ3n) is 7.53. The molecule has 2 fully saturated rings. The van der Waals surface area contributed by atoms with E-state index in [-0.39, 0.29) is 26.4 Å². The summed E-state index contributed by atoms with van der Waals surface area (Å²) in [5, 5.41) is 1.92. The molecule has 2 heterocycles. The highest BCUT2D eigenvalue weighted by Gasteiger charge is 2.66. The lowest BCUT2D eigenvalue weighted by Crippen LogP contribution is -2.74. The molecule has 49 heavy (non-hydrogen) atoms. The van der Waals surface area contributed by atoms with E-state index in [4.69, 9.17) is 42.0 Å². The minimum absolute atomic E-state index is 0.0199. The fourth-order valence-electron chi connectivity index (χ4n) is 5.60. The van der Waals surface area contributed by atoms with Gasteiger partial charge < -0.3 is 42.8 Å². The van der Waals surface area contributed by atoms with E-state index in [1.165, 1.54) is 32.7 Å². The minimum Gasteiger partial charge on any atom is -0.465 e. The molecular weight excluding hydrogens is 677 g/mol. The van der Waals surface area contributed by atoms with E-state index < -0.39 is 73.7 Å². The summed E-state index contributed by atoms with van der Waals surface area (Å²) in [6.45, 7) is 10.1. The van der Waals surface area contributed by atoms with Crippen LogP contribution < -0.4 is 5.32 Å². The van der Waals surface area contributed by atoms with Gasteiger partial charge in [-0.25, -0.2) is 4.79 Å². The van der Waals surface area contributed by atoms with Crippen molar-refractivity contribution in [1.82, 2.24) is 5.32 Å². The Hall–Kier alpha value is -2.65. The zero-order valence-corrected chi connectivity index (χ0v) is 30.5. The monoisotopic (exact) mass is 723 g/mol. The van der Waals surface area contributed by atoms with Gasteiger partial charge in [0.15, 0.2) is 11.9 Å². The number of carbonyl (C=O) groups excluding carboxylic acids is 3. The number of ether oxygens (including phenoxy) is 6. The van der Waals surface area contributed by atoms with Crippen molar-refractivity contribution >= 4 is 38.2 Å². The van der Waals surface area contributed by atoms with Crippen LogP contribution >= 0.6 is 20.4 Å². The number of hydrogen-bond acceptors (Lipinski definition) is 13. The van der Waals surface area contributed by atoms with E-state index >= 15 is 0 Å². The molecular formula is C34H46NO12PS. The quantitative estimate of drug-likeness (QED) is 0.185. The van der Waals surface area contributed by atoms with Crippen molar-refractivity contribution in [3.05, 3.63) is 66.2 Å². The van der Waals surface area contributed by atoms with E-state index in [9.17, 15) is 14.4 Å². The second-order valence-corrected chi connectivity index (χ2v) is 14.0. The first-order valence-electron chi connectivity index (χ1n) is 16.1. The first kappa shape index (κ1) is 39.1. The fraction of sp³-hybridized carbons (Fsp3) is 0.559. The maximum atomic E-state index is 14.3. The Morgan fingerprint density at radius 3 is 2.14 bits per heavy atom. The van der Waals surface area contributed by atoms with Crippen LogP contribution in [0.2, 0.25) is 0 Å². The second-order valence-electron chi connectivity index (χ2n) is 11.7. The van der Waals surface area contributed by atoms with Gasteiger partial charge in [0.05, 0.1) is 45.7 Å². The molecule has 0 saturated carbocycles. The molecule has 2 aromatic rings. The lowest BCUT2D eigenvalue weighted by atomic mass is 9.87. The molecule has 13 nitrogen and oxygen atoms in total. The molecule has 1 N–H and O–H groups in total. The summed E-state index contributed by atoms with van der Waals surface area (Å²) in [7, 11) is -0.994. The van der Waals surface area contributed by atoms with Crippen molar-refractivity contribution in [1.29, 1.82) is 0 Å². The van der Waals surface area contributed by atoms with Crippen LogP contribution in [0.1, 0.15) is 47.1 Å². The molecule has 2 aromatic carbocycles. The Balaban J connectivity index is 1.96. The summed E-state index contributed by atoms with van der Waals surface area (Å²) in [5.41, 5.74) is 0.830. The van der Waals surface area contributed by atoms with Crippen molar-refractivity contribution in [3.8, 4) is 0 Å². The van der Waals surface area contributed by atoms with Gasteiger partial charge in [0.1, 0.15) is 17.5 Å². The zero-order chi connectivity index (χ0) is 35.6. The van der Waals surface area contributed by atoms with Crippen LogP contribution in [0.4, 0.5) is 0 Å². The Labute approximate surface area is 292 Å². The maximum absolute atomic E-state index is 14.3. The summed E-state index contributed by atoms with van der Waals surface area (Å²) in [6, 6.07) is 17.7. The molecule has 2 aliphatic rings. The number of hydrogen-bond donors (Lipinski definition) is 1. The first-order valence-corrected chi connectivity index (χ1v) is 18.0. The largest absolute Gasteiger partial charge is 0.465 e. The van der Waals surface area contributed by atoms with Crippen LogP contribution in [-0.4, -0.2) is 92.1 Å². The Morgan fingerprint density at radius 2 is 1.61 bits per heavy atom. The van der Waals surface area contributed by atoms with Crippen LogP contribution in [0, 0.1) is 0 Å². The van der Waals surface area contributed by atoms with Crippen LogP contribution in [0.25, 0.3) is 0 Å². The number of thioether (sulfide) groups is 1. The second kappa shape index (κ2) is 18.0. The summed E-state index contributed by atoms with van der Waals surface area (Å²) >= 11 is 1.24. The molecule has 15 heteroatoms. The van der Waals surface area contributed by atoms with Crippen molar-refractivity contribution < 1.29 is 56.4 Å². The van der Waals surface area contributed by atoms with E-state index in [0.29, 0.717) is 0 Å². The molecule has 2 saturated heterocycles. The van der Waals surface area contributed by atoms with Gasteiger partial charge in [0, 0.05) is 18.7 Å². The number of amides is 1. The molecule has 0 spiro atoms. The van der Waals surface area contributed by atoms with Gasteiger partial charge in [-0.3, -0.25) is 14.1 Å². The van der Waals surface area contributed by atoms with Crippen molar-refractivity contribution in [3.63, 3.8) is 0 Å². The number of rotatable bonds is 16. The average molecular weight is 724 g/mol. The molecule has 1 amide bonds. The van der Waals surface area contributed by atoms with Crippen LogP contribution in [0.3, 0.4) is 0 Å². The van der Waals surface area contributed by atoms with Gasteiger partial charge in [-0.15, -0.1) is 11.8 Å². The molecule has 270 valence electrons. The van der Waals surface area contributed by atoms with Gasteiger partial charge in [0.25, 0.3) is 5.79 Å². The molecule has 0 unspecified atom stereocenters. The van der Waals surface area contributed by atoms with Crippen LogP contribution in [-0.2, 0) is 63.0 Å². The van der Waals surface area contributed by atoms with E-state index in [0.717, 1.165) is 10.5 Å². The number of carbonyl (C=O) groups is 3. The maximum Gasteiger partial charge on any atom is 0.368 e. The molecule has 2 aliphatic heterocycles. The van der Waals surface area contributed by atoms with Crippen molar-refractivity contribution in [2.24, 2.45) is 0 Å². The molecule has 0 aromatic heterocycles. The number of esters is 2. The zero-order valence-electron chi connectivity index (χ0n) is 28.8. The fourth-order valence-corrected chi connectivity index (χ4v) is 8.07. The Morgan fingerprint density at radius 1 is 0.980 bits per heavy atom. The van der Waals surface area contributed by atoms with Crippen molar-refractivity contribution in [2.45, 2.75) is 100 Å². The minimum atomic E-state index is -2.29. The number of benzene rings is 2. The standard InChI is InChI=1S/C34H46NO12PS/c1-8-42-48(43-9-2)47-34(32(38)39-7)31(49-25-18-14-11-15-19-25)30(40-20-24-16-12-10-13-17-24)27(35-22(3)36)29(46-34)28(44-23(4)37)26-21-41-33(5,6)45-26/h10-19,26-31H,8-9,20-21H2,1-7H3,(H,35,36)/t26-,27+,28-,29-,30-,31+,34+/m1/s1. The summed E-state index contributed by atoms with van der Waals surface area (Å²) in [6.07, 6.45) is -4.44. The van der Waals surface area contributed by atoms with Crippen molar-refractivity contribution in [2.75, 3.05) is 26.9 Å². The van der Waals surface area contributed by atoms with Gasteiger partial charge >= 0.3 is 20.5 Å². The van der Waals surface area contributed by atoms with Gasteiger partial charge in [-0.05, 0) is 45.4 Å². The normalized spacial score (nSPS) is 27.0. The number of methoxy groups -OCH3 is 1. The van der Waals surface area contributed by atoms with Gasteiger partial charge in [-0.1, -0.05) is 48.5 Å². The lowest BCUT2D eigenvalue weighted by Gasteiger charge is -2.52. The predicted octanol–water partition coefficient (Wildman–Crippen LogP) is 4.91. The van der Waals surface area contributed by atoms with Gasteiger partial charge in [-0.2, -0.15) is 0 Å². The summed E-state index contributed by atoms with van der Waals surface area (Å²) in [5.74, 6) is -5.30. The smallest absolute Gasteiger partial charge is 0.368 e. The molecule has 0 radical (unpaired) electrons. The average Bonchev–Trinajstić information content (AvgIpc) is 3.44. The highest BCUT2D eigenvalue weighted by molar-refractivity contribution is 8.00. The highest BCUT2D eigenvalue weighted by Crippen LogP contribution is 2.53. The lowest BCUT2D eigenvalue weighted by molar-refractivity contribution is -0.291. The Kier molecular flexibility index (Phi) is 14.4. The van der Waals surface area contributed by atoms with E-state index in [1.54, 1.807) is 27.7 Å². The SMILES string of the molecule is CCOP(OCC)O[C@@]1(C(=O)OC)O[C@@H]([C@H](OC(C)=O)[C@H]2COC(C)(C)O2)[C@H](NC(C)=O)[C@@H](OCc2ccccc2)[C@@H]1Sc1ccccc1.